The average Bonchev–Trinajstić information content (AvgIpc) is 3.34. The first-order chi connectivity index (χ1) is 11.4. The Kier molecular flexibility index (Phi) is 4.36. The first-order valence-electron chi connectivity index (χ1n) is 7.74. The molecule has 7 heteroatoms. The van der Waals surface area contributed by atoms with E-state index in [9.17, 15) is 18.4 Å². The fourth-order valence-electron chi connectivity index (χ4n) is 2.54. The van der Waals surface area contributed by atoms with Crippen LogP contribution in [0.3, 0.4) is 0 Å². The van der Waals surface area contributed by atoms with Gasteiger partial charge in [-0.3, -0.25) is 4.79 Å². The molecule has 0 bridgehead atoms. The molecule has 0 amide bonds. The fraction of sp³-hybridized carbons (Fsp3) is 0.412. The van der Waals surface area contributed by atoms with Crippen molar-refractivity contribution in [2.24, 2.45) is 0 Å². The number of carbonyl (C=O) groups is 1. The average molecular weight is 336 g/mol. The number of rotatable bonds is 5. The highest BCUT2D eigenvalue weighted by Crippen LogP contribution is 2.37. The van der Waals surface area contributed by atoms with Crippen molar-refractivity contribution >= 4 is 16.9 Å². The number of pyridine rings is 1. The monoisotopic (exact) mass is 336 g/mol. The highest BCUT2D eigenvalue weighted by atomic mass is 19.2. The molecule has 0 N–H and O–H groups in total. The van der Waals surface area contributed by atoms with Crippen LogP contribution >= 0.6 is 0 Å². The Bertz CT molecular complexity index is 857. The van der Waals surface area contributed by atoms with Crippen LogP contribution in [0.2, 0.25) is 0 Å². The van der Waals surface area contributed by atoms with Crippen LogP contribution in [0.15, 0.2) is 23.1 Å². The summed E-state index contributed by atoms with van der Waals surface area (Å²) in [6.45, 7) is 0.667. The van der Waals surface area contributed by atoms with Gasteiger partial charge >= 0.3 is 5.97 Å². The van der Waals surface area contributed by atoms with Crippen LogP contribution in [0.4, 0.5) is 8.78 Å². The van der Waals surface area contributed by atoms with E-state index in [2.05, 4.69) is 0 Å². The molecule has 0 radical (unpaired) electrons. The van der Waals surface area contributed by atoms with E-state index in [1.807, 2.05) is 19.0 Å². The van der Waals surface area contributed by atoms with Crippen LogP contribution in [0, 0.1) is 11.6 Å². The van der Waals surface area contributed by atoms with Crippen LogP contribution in [-0.4, -0.2) is 42.7 Å². The second kappa shape index (κ2) is 6.32. The molecule has 1 saturated carbocycles. The molecule has 0 unspecified atom stereocenters. The largest absolute Gasteiger partial charge is 0.461 e. The Morgan fingerprint density at radius 2 is 1.96 bits per heavy atom. The second-order valence-corrected chi connectivity index (χ2v) is 6.23. The molecule has 1 aliphatic rings. The van der Waals surface area contributed by atoms with Crippen molar-refractivity contribution < 1.29 is 18.3 Å². The van der Waals surface area contributed by atoms with Gasteiger partial charge in [0.15, 0.2) is 11.6 Å². The number of nitrogens with zero attached hydrogens (tertiary/aromatic N) is 2. The number of benzene rings is 1. The third kappa shape index (κ3) is 3.17. The molecule has 24 heavy (non-hydrogen) atoms. The summed E-state index contributed by atoms with van der Waals surface area (Å²) in [4.78, 5) is 26.6. The molecule has 2 aromatic rings. The zero-order chi connectivity index (χ0) is 17.4. The maximum atomic E-state index is 13.6. The quantitative estimate of drug-likeness (QED) is 0.787. The van der Waals surface area contributed by atoms with Gasteiger partial charge in [0, 0.05) is 30.2 Å². The summed E-state index contributed by atoms with van der Waals surface area (Å²) in [6.07, 6.45) is 3.13. The van der Waals surface area contributed by atoms with E-state index < -0.39 is 23.0 Å². The summed E-state index contributed by atoms with van der Waals surface area (Å²) in [5.41, 5.74) is -0.499. The standard InChI is InChI=1S/C17H18F2N2O3/c1-20(2)5-6-24-17(23)12-9-21(10-3-4-10)15-8-14(19)13(18)7-11(15)16(12)22/h7-10H,3-6H2,1-2H3. The van der Waals surface area contributed by atoms with E-state index in [0.717, 1.165) is 25.0 Å². The van der Waals surface area contributed by atoms with Crippen LogP contribution in [0.1, 0.15) is 29.2 Å². The van der Waals surface area contributed by atoms with Gasteiger partial charge in [0.05, 0.1) is 5.52 Å². The van der Waals surface area contributed by atoms with Gasteiger partial charge in [0.25, 0.3) is 0 Å². The van der Waals surface area contributed by atoms with Crippen molar-refractivity contribution in [1.82, 2.24) is 9.47 Å². The maximum Gasteiger partial charge on any atom is 0.343 e. The van der Waals surface area contributed by atoms with E-state index >= 15 is 0 Å². The van der Waals surface area contributed by atoms with Crippen LogP contribution in [-0.2, 0) is 4.74 Å². The number of esters is 1. The lowest BCUT2D eigenvalue weighted by Gasteiger charge is -2.14. The van der Waals surface area contributed by atoms with Crippen molar-refractivity contribution in [3.8, 4) is 0 Å². The SMILES string of the molecule is CN(C)CCOC(=O)c1cn(C2CC2)c2cc(F)c(F)cc2c1=O. The Labute approximate surface area is 137 Å². The molecule has 0 atom stereocenters. The minimum Gasteiger partial charge on any atom is -0.461 e. The van der Waals surface area contributed by atoms with Gasteiger partial charge in [-0.05, 0) is 33.0 Å². The topological polar surface area (TPSA) is 51.5 Å². The van der Waals surface area contributed by atoms with Crippen molar-refractivity contribution in [2.75, 3.05) is 27.2 Å². The maximum absolute atomic E-state index is 13.6. The van der Waals surface area contributed by atoms with Gasteiger partial charge in [0.1, 0.15) is 12.2 Å². The van der Waals surface area contributed by atoms with Crippen LogP contribution in [0.5, 0.6) is 0 Å². The molecule has 1 aromatic carbocycles. The minimum atomic E-state index is -1.11. The van der Waals surface area contributed by atoms with Crippen LogP contribution in [0.25, 0.3) is 10.9 Å². The number of hydrogen-bond acceptors (Lipinski definition) is 4. The number of carbonyl (C=O) groups excluding carboxylic acids is 1. The predicted molar refractivity (Wildman–Crippen MR) is 85.2 cm³/mol. The van der Waals surface area contributed by atoms with Crippen molar-refractivity contribution in [1.29, 1.82) is 0 Å². The predicted octanol–water partition coefficient (Wildman–Crippen LogP) is 2.33. The molecule has 0 saturated heterocycles. The van der Waals surface area contributed by atoms with Gasteiger partial charge < -0.3 is 14.2 Å². The zero-order valence-electron chi connectivity index (χ0n) is 13.5. The van der Waals surface area contributed by atoms with Gasteiger partial charge in [-0.15, -0.1) is 0 Å². The summed E-state index contributed by atoms with van der Waals surface area (Å²) < 4.78 is 33.9. The van der Waals surface area contributed by atoms with E-state index in [1.165, 1.54) is 6.20 Å². The van der Waals surface area contributed by atoms with Gasteiger partial charge in [-0.1, -0.05) is 0 Å². The Hall–Kier alpha value is -2.28. The van der Waals surface area contributed by atoms with Gasteiger partial charge in [-0.25, -0.2) is 13.6 Å². The van der Waals surface area contributed by atoms with Crippen molar-refractivity contribution in [3.05, 3.63) is 45.8 Å². The third-order valence-electron chi connectivity index (χ3n) is 4.01. The number of aromatic nitrogens is 1. The van der Waals surface area contributed by atoms with E-state index in [4.69, 9.17) is 4.74 Å². The Morgan fingerprint density at radius 3 is 2.58 bits per heavy atom. The first-order valence-corrected chi connectivity index (χ1v) is 7.74. The Balaban J connectivity index is 2.05. The van der Waals surface area contributed by atoms with Gasteiger partial charge in [-0.2, -0.15) is 0 Å². The zero-order valence-corrected chi connectivity index (χ0v) is 13.5. The van der Waals surface area contributed by atoms with E-state index in [-0.39, 0.29) is 23.6 Å². The molecule has 128 valence electrons. The Morgan fingerprint density at radius 1 is 1.29 bits per heavy atom. The number of fused-ring (bicyclic) bond motifs is 1. The third-order valence-corrected chi connectivity index (χ3v) is 4.01. The molecule has 0 aliphatic heterocycles. The van der Waals surface area contributed by atoms with E-state index in [1.54, 1.807) is 4.57 Å². The summed E-state index contributed by atoms with van der Waals surface area (Å²) in [5, 5.41) is -0.0112. The molecule has 0 spiro atoms. The summed E-state index contributed by atoms with van der Waals surface area (Å²) in [7, 11) is 3.67. The van der Waals surface area contributed by atoms with Gasteiger partial charge in [0.2, 0.25) is 5.43 Å². The minimum absolute atomic E-state index is 0.0112. The summed E-state index contributed by atoms with van der Waals surface area (Å²) in [6, 6.07) is 1.94. The highest BCUT2D eigenvalue weighted by molar-refractivity contribution is 5.93. The summed E-state index contributed by atoms with van der Waals surface area (Å²) >= 11 is 0. The molecule has 1 aliphatic carbocycles. The molecule has 1 heterocycles. The lowest BCUT2D eigenvalue weighted by Crippen LogP contribution is -2.24. The van der Waals surface area contributed by atoms with Crippen LogP contribution < -0.4 is 5.43 Å². The molecule has 1 aromatic heterocycles. The molecule has 3 rings (SSSR count). The molecule has 5 nitrogen and oxygen atoms in total. The number of ether oxygens (including phenoxy) is 1. The molecular formula is C17H18F2N2O3. The lowest BCUT2D eigenvalue weighted by molar-refractivity contribution is 0.0479. The second-order valence-electron chi connectivity index (χ2n) is 6.23. The van der Waals surface area contributed by atoms with Crippen molar-refractivity contribution in [2.45, 2.75) is 18.9 Å². The number of halogens is 2. The lowest BCUT2D eigenvalue weighted by atomic mass is 10.1. The highest BCUT2D eigenvalue weighted by Gasteiger charge is 2.27. The molecular weight excluding hydrogens is 318 g/mol. The summed E-state index contributed by atoms with van der Waals surface area (Å²) in [5.74, 6) is -2.87. The number of hydrogen-bond donors (Lipinski definition) is 0. The molecule has 1 fully saturated rings. The first kappa shape index (κ1) is 16.6. The number of likely N-dealkylation sites (N-methyl/N-ethyl adjacent to an activating group) is 1. The smallest absolute Gasteiger partial charge is 0.343 e. The van der Waals surface area contributed by atoms with E-state index in [0.29, 0.717) is 12.1 Å². The fourth-order valence-corrected chi connectivity index (χ4v) is 2.54. The normalized spacial score (nSPS) is 14.4. The van der Waals surface area contributed by atoms with Crippen molar-refractivity contribution in [3.63, 3.8) is 0 Å².